The van der Waals surface area contributed by atoms with Gasteiger partial charge in [0.2, 0.25) is 17.7 Å². The number of nitriles is 1. The van der Waals surface area contributed by atoms with E-state index in [1.54, 1.807) is 24.0 Å². The van der Waals surface area contributed by atoms with Crippen molar-refractivity contribution in [3.63, 3.8) is 0 Å². The number of para-hydroxylation sites is 1. The lowest BCUT2D eigenvalue weighted by Gasteiger charge is -2.42. The molecule has 7 rings (SSSR count). The number of rotatable bonds is 11. The Morgan fingerprint density at radius 2 is 1.83 bits per heavy atom. The first kappa shape index (κ1) is 35.3. The van der Waals surface area contributed by atoms with Crippen LogP contribution in [-0.2, 0) is 32.6 Å². The highest BCUT2D eigenvalue weighted by atomic mass is 16.5. The van der Waals surface area contributed by atoms with E-state index >= 15 is 0 Å². The number of aromatic nitrogens is 4. The number of carbonyl (C=O) groups is 3. The summed E-state index contributed by atoms with van der Waals surface area (Å²) in [5.74, 6) is 0.149. The molecule has 3 aliphatic rings. The summed E-state index contributed by atoms with van der Waals surface area (Å²) < 4.78 is 8.95. The second-order valence-corrected chi connectivity index (χ2v) is 14.1. The van der Waals surface area contributed by atoms with Crippen molar-refractivity contribution < 1.29 is 19.1 Å². The van der Waals surface area contributed by atoms with Crippen LogP contribution in [-0.4, -0.2) is 98.1 Å². The lowest BCUT2D eigenvalue weighted by atomic mass is 9.89. The van der Waals surface area contributed by atoms with Crippen molar-refractivity contribution in [2.24, 2.45) is 7.05 Å². The zero-order valence-corrected chi connectivity index (χ0v) is 29.6. The Labute approximate surface area is 301 Å². The van der Waals surface area contributed by atoms with Crippen LogP contribution in [0.2, 0.25) is 0 Å². The van der Waals surface area contributed by atoms with Gasteiger partial charge in [-0.15, -0.1) is 0 Å². The number of hydrogen-bond donors (Lipinski definition) is 2. The zero-order valence-electron chi connectivity index (χ0n) is 29.6. The molecule has 3 amide bonds. The van der Waals surface area contributed by atoms with Gasteiger partial charge in [-0.05, 0) is 74.8 Å². The Morgan fingerprint density at radius 3 is 2.60 bits per heavy atom. The van der Waals surface area contributed by atoms with Crippen molar-refractivity contribution >= 4 is 45.5 Å². The molecule has 1 atom stereocenters. The molecule has 4 aromatic rings. The largest absolute Gasteiger partial charge is 0.381 e. The number of ether oxygens (including phenoxy) is 1. The molecule has 0 spiro atoms. The Hall–Kier alpha value is -5.13. The lowest BCUT2D eigenvalue weighted by Crippen LogP contribution is -2.53. The van der Waals surface area contributed by atoms with Crippen LogP contribution in [0, 0.1) is 11.3 Å². The Morgan fingerprint density at radius 1 is 1.02 bits per heavy atom. The van der Waals surface area contributed by atoms with E-state index in [1.165, 1.54) is 4.57 Å². The highest BCUT2D eigenvalue weighted by molar-refractivity contribution is 6.00. The van der Waals surface area contributed by atoms with Gasteiger partial charge in [0.25, 0.3) is 0 Å². The van der Waals surface area contributed by atoms with Crippen LogP contribution >= 0.6 is 0 Å². The van der Waals surface area contributed by atoms with E-state index in [1.807, 2.05) is 35.2 Å². The van der Waals surface area contributed by atoms with Crippen LogP contribution in [0.1, 0.15) is 68.5 Å². The van der Waals surface area contributed by atoms with Gasteiger partial charge in [0.15, 0.2) is 0 Å². The van der Waals surface area contributed by atoms with Gasteiger partial charge in [0.1, 0.15) is 18.2 Å². The summed E-state index contributed by atoms with van der Waals surface area (Å²) in [6.07, 6.45) is 8.06. The number of imidazole rings is 1. The number of piperazine rings is 1. The lowest BCUT2D eigenvalue weighted by molar-refractivity contribution is -0.136. The van der Waals surface area contributed by atoms with Crippen LogP contribution in [0.15, 0.2) is 47.5 Å². The van der Waals surface area contributed by atoms with Gasteiger partial charge >= 0.3 is 5.69 Å². The number of imide groups is 1. The number of anilines is 1. The van der Waals surface area contributed by atoms with Gasteiger partial charge in [0, 0.05) is 63.7 Å². The van der Waals surface area contributed by atoms with Gasteiger partial charge in [0.05, 0.1) is 41.2 Å². The molecule has 52 heavy (non-hydrogen) atoms. The molecule has 14 nitrogen and oxygen atoms in total. The molecule has 2 aromatic carbocycles. The van der Waals surface area contributed by atoms with E-state index < -0.39 is 11.9 Å². The van der Waals surface area contributed by atoms with Crippen LogP contribution < -0.4 is 16.3 Å². The number of piperidine rings is 1. The number of nitrogens with zero attached hydrogens (tertiary/aromatic N) is 7. The quantitative estimate of drug-likeness (QED) is 0.175. The molecule has 2 N–H and O–H groups in total. The normalized spacial score (nSPS) is 21.3. The summed E-state index contributed by atoms with van der Waals surface area (Å²) in [5.41, 5.74) is 3.59. The molecular formula is C38H45N9O5. The molecule has 0 bridgehead atoms. The molecule has 1 unspecified atom stereocenters. The van der Waals surface area contributed by atoms with E-state index in [-0.39, 0.29) is 23.9 Å². The van der Waals surface area contributed by atoms with Gasteiger partial charge in [-0.3, -0.25) is 33.7 Å². The van der Waals surface area contributed by atoms with Crippen molar-refractivity contribution in [1.82, 2.24) is 34.2 Å². The first-order chi connectivity index (χ1) is 25.3. The number of nitrogens with one attached hydrogen (secondary N) is 2. The van der Waals surface area contributed by atoms with Gasteiger partial charge < -0.3 is 15.0 Å². The predicted octanol–water partition coefficient (Wildman–Crippen LogP) is 3.04. The Balaban J connectivity index is 0.816. The molecule has 14 heteroatoms. The summed E-state index contributed by atoms with van der Waals surface area (Å²) in [6, 6.07) is 13.5. The van der Waals surface area contributed by atoms with Gasteiger partial charge in [-0.2, -0.15) is 5.26 Å². The van der Waals surface area contributed by atoms with Crippen molar-refractivity contribution in [2.45, 2.75) is 75.9 Å². The van der Waals surface area contributed by atoms with Crippen molar-refractivity contribution in [2.75, 3.05) is 44.7 Å². The average Bonchev–Trinajstić information content (AvgIpc) is 3.42. The highest BCUT2D eigenvalue weighted by Crippen LogP contribution is 2.29. The summed E-state index contributed by atoms with van der Waals surface area (Å²) in [6.45, 7) is 4.07. The molecular weight excluding hydrogens is 662 g/mol. The predicted molar refractivity (Wildman–Crippen MR) is 194 cm³/mol. The first-order valence-electron chi connectivity index (χ1n) is 18.3. The van der Waals surface area contributed by atoms with E-state index in [0.717, 1.165) is 86.1 Å². The second-order valence-electron chi connectivity index (χ2n) is 14.1. The molecule has 2 saturated heterocycles. The van der Waals surface area contributed by atoms with E-state index in [0.29, 0.717) is 55.6 Å². The summed E-state index contributed by atoms with van der Waals surface area (Å²) >= 11 is 0. The maximum absolute atomic E-state index is 13.2. The third-order valence-electron chi connectivity index (χ3n) is 10.9. The molecule has 0 radical (unpaired) electrons. The summed E-state index contributed by atoms with van der Waals surface area (Å²) in [4.78, 5) is 63.7. The van der Waals surface area contributed by atoms with Crippen LogP contribution in [0.5, 0.6) is 0 Å². The zero-order chi connectivity index (χ0) is 36.2. The van der Waals surface area contributed by atoms with Gasteiger partial charge in [-0.1, -0.05) is 12.1 Å². The SMILES string of the molecule is Cn1c(=O)n(C2CCC(=O)NC2=O)c2cccc(CCCOCCC(=O)N3CCN([C@H]4CC[C@H](Nc5ncnc6ccc(C#N)cc56)CC4)CC3)c21. The topological polar surface area (TPSA) is 167 Å². The van der Waals surface area contributed by atoms with Crippen molar-refractivity contribution in [1.29, 1.82) is 5.26 Å². The van der Waals surface area contributed by atoms with E-state index in [9.17, 15) is 24.4 Å². The van der Waals surface area contributed by atoms with Crippen molar-refractivity contribution in [3.05, 3.63) is 64.3 Å². The number of carbonyl (C=O) groups excluding carboxylic acids is 3. The smallest absolute Gasteiger partial charge is 0.329 e. The average molecular weight is 708 g/mol. The molecule has 1 saturated carbocycles. The summed E-state index contributed by atoms with van der Waals surface area (Å²) in [7, 11) is 1.71. The molecule has 3 fully saturated rings. The standard InChI is InChI=1S/C38H45N9O5/c1-44-35-26(4-2-6-31(35)47(38(44)51)32-13-14-33(48)43-37(32)50)5-3-20-52-21-15-34(49)46-18-16-45(17-19-46)28-10-8-27(9-11-28)42-36-29-22-25(23-39)7-12-30(29)40-24-41-36/h2,4,6-7,12,22,24,27-28,32H,3,5,8-11,13-21H2,1H3,(H,40,41,42)(H,43,48,50)/t27-,28-,32?. The third kappa shape index (κ3) is 7.42. The molecule has 2 aromatic heterocycles. The fraction of sp³-hybridized carbons (Fsp3) is 0.500. The van der Waals surface area contributed by atoms with E-state index in [4.69, 9.17) is 4.74 Å². The van der Waals surface area contributed by atoms with Crippen molar-refractivity contribution in [3.8, 4) is 6.07 Å². The fourth-order valence-electron chi connectivity index (χ4n) is 8.09. The maximum Gasteiger partial charge on any atom is 0.329 e. The second kappa shape index (κ2) is 15.6. The molecule has 2 aliphatic heterocycles. The monoisotopic (exact) mass is 707 g/mol. The molecule has 1 aliphatic carbocycles. The minimum atomic E-state index is -0.713. The number of benzene rings is 2. The fourth-order valence-corrected chi connectivity index (χ4v) is 8.09. The molecule has 272 valence electrons. The van der Waals surface area contributed by atoms with Crippen LogP contribution in [0.4, 0.5) is 5.82 Å². The summed E-state index contributed by atoms with van der Waals surface area (Å²) in [5, 5.41) is 16.2. The minimum absolute atomic E-state index is 0.124. The minimum Gasteiger partial charge on any atom is -0.381 e. The maximum atomic E-state index is 13.2. The highest BCUT2D eigenvalue weighted by Gasteiger charge is 2.32. The third-order valence-corrected chi connectivity index (χ3v) is 10.9. The van der Waals surface area contributed by atoms with E-state index in [2.05, 4.69) is 31.6 Å². The molecule has 4 heterocycles. The Kier molecular flexibility index (Phi) is 10.6. The number of fused-ring (bicyclic) bond motifs is 2. The number of hydrogen-bond acceptors (Lipinski definition) is 10. The first-order valence-corrected chi connectivity index (χ1v) is 18.3. The van der Waals surface area contributed by atoms with Gasteiger partial charge in [-0.25, -0.2) is 14.8 Å². The van der Waals surface area contributed by atoms with Crippen LogP contribution in [0.3, 0.4) is 0 Å². The van der Waals surface area contributed by atoms with Crippen LogP contribution in [0.25, 0.3) is 21.9 Å². The Bertz CT molecular complexity index is 2070. The number of amides is 3. The number of aryl methyl sites for hydroxylation is 2.